The molecule has 0 radical (unpaired) electrons. The Hall–Kier alpha value is -0.870. The molecule has 0 atom stereocenters. The third kappa shape index (κ3) is 1.87. The van der Waals surface area contributed by atoms with Crippen LogP contribution in [0.1, 0.15) is 10.4 Å². The Bertz CT molecular complexity index is 564. The van der Waals surface area contributed by atoms with Crippen molar-refractivity contribution in [3.63, 3.8) is 0 Å². The van der Waals surface area contributed by atoms with Gasteiger partial charge in [0.15, 0.2) is 0 Å². The van der Waals surface area contributed by atoms with Crippen LogP contribution in [0.3, 0.4) is 0 Å². The van der Waals surface area contributed by atoms with Crippen molar-refractivity contribution in [1.29, 1.82) is 0 Å². The maximum atomic E-state index is 11.6. The molecule has 0 N–H and O–H groups in total. The van der Waals surface area contributed by atoms with Crippen LogP contribution in [-0.4, -0.2) is 13.1 Å². The summed E-state index contributed by atoms with van der Waals surface area (Å²) in [5, 5.41) is 1.86. The molecule has 2 aromatic carbocycles. The second-order valence-corrected chi connectivity index (χ2v) is 4.90. The van der Waals surface area contributed by atoms with Crippen molar-refractivity contribution in [2.24, 2.45) is 0 Å². The first-order valence-electron chi connectivity index (χ1n) is 4.60. The molecule has 0 aliphatic rings. The van der Waals surface area contributed by atoms with Gasteiger partial charge in [0, 0.05) is 8.95 Å². The second-order valence-electron chi connectivity index (χ2n) is 3.26. The van der Waals surface area contributed by atoms with Gasteiger partial charge in [0.2, 0.25) is 0 Å². The number of esters is 1. The van der Waals surface area contributed by atoms with Gasteiger partial charge in [-0.05, 0) is 48.7 Å². The van der Waals surface area contributed by atoms with Crippen molar-refractivity contribution in [3.8, 4) is 0 Å². The molecule has 4 heteroatoms. The summed E-state index contributed by atoms with van der Waals surface area (Å²) in [4.78, 5) is 11.6. The van der Waals surface area contributed by atoms with E-state index in [0.29, 0.717) is 5.56 Å². The fourth-order valence-electron chi connectivity index (χ4n) is 1.58. The summed E-state index contributed by atoms with van der Waals surface area (Å²) in [6.45, 7) is 0. The number of carbonyl (C=O) groups excluding carboxylic acids is 1. The van der Waals surface area contributed by atoms with Crippen LogP contribution in [0.15, 0.2) is 39.3 Å². The number of ether oxygens (including phenoxy) is 1. The number of methoxy groups -OCH3 is 1. The molecule has 0 bridgehead atoms. The SMILES string of the molecule is COC(=O)c1cc(Br)c(Br)c2ccccc12. The molecular formula is C12H8Br2O2. The Balaban J connectivity index is 2.85. The molecule has 0 aromatic heterocycles. The van der Waals surface area contributed by atoms with Gasteiger partial charge in [-0.3, -0.25) is 0 Å². The molecule has 0 saturated heterocycles. The summed E-state index contributed by atoms with van der Waals surface area (Å²) < 4.78 is 6.54. The van der Waals surface area contributed by atoms with Crippen molar-refractivity contribution in [2.45, 2.75) is 0 Å². The standard InChI is InChI=1S/C12H8Br2O2/c1-16-12(15)9-6-10(13)11(14)8-5-3-2-4-7(8)9/h2-6H,1H3. The zero-order valence-corrected chi connectivity index (χ0v) is 11.6. The maximum absolute atomic E-state index is 11.6. The van der Waals surface area contributed by atoms with E-state index in [9.17, 15) is 4.79 Å². The van der Waals surface area contributed by atoms with Gasteiger partial charge in [0.1, 0.15) is 0 Å². The van der Waals surface area contributed by atoms with Crippen LogP contribution in [0.4, 0.5) is 0 Å². The minimum Gasteiger partial charge on any atom is -0.465 e. The van der Waals surface area contributed by atoms with Gasteiger partial charge in [0.25, 0.3) is 0 Å². The van der Waals surface area contributed by atoms with E-state index in [4.69, 9.17) is 4.74 Å². The largest absolute Gasteiger partial charge is 0.465 e. The summed E-state index contributed by atoms with van der Waals surface area (Å²) >= 11 is 6.90. The molecule has 0 amide bonds. The molecule has 0 spiro atoms. The summed E-state index contributed by atoms with van der Waals surface area (Å²) in [5.74, 6) is -0.329. The zero-order valence-electron chi connectivity index (χ0n) is 8.46. The van der Waals surface area contributed by atoms with Gasteiger partial charge in [-0.15, -0.1) is 0 Å². The monoisotopic (exact) mass is 342 g/mol. The van der Waals surface area contributed by atoms with Gasteiger partial charge in [-0.2, -0.15) is 0 Å². The number of hydrogen-bond donors (Lipinski definition) is 0. The predicted molar refractivity (Wildman–Crippen MR) is 70.7 cm³/mol. The van der Waals surface area contributed by atoms with Crippen LogP contribution < -0.4 is 0 Å². The fraction of sp³-hybridized carbons (Fsp3) is 0.0833. The molecular weight excluding hydrogens is 336 g/mol. The van der Waals surface area contributed by atoms with Gasteiger partial charge in [0.05, 0.1) is 12.7 Å². The Labute approximate surface area is 110 Å². The quantitative estimate of drug-likeness (QED) is 0.727. The molecule has 16 heavy (non-hydrogen) atoms. The first kappa shape index (κ1) is 11.6. The lowest BCUT2D eigenvalue weighted by Gasteiger charge is -2.08. The number of benzene rings is 2. The van der Waals surface area contributed by atoms with Crippen LogP contribution in [0, 0.1) is 0 Å². The third-order valence-corrected chi connectivity index (χ3v) is 4.35. The van der Waals surface area contributed by atoms with Crippen LogP contribution in [0.2, 0.25) is 0 Å². The van der Waals surface area contributed by atoms with E-state index in [1.807, 2.05) is 24.3 Å². The average molecular weight is 344 g/mol. The lowest BCUT2D eigenvalue weighted by molar-refractivity contribution is 0.0603. The summed E-state index contributed by atoms with van der Waals surface area (Å²) in [5.41, 5.74) is 0.563. The molecule has 0 fully saturated rings. The highest BCUT2D eigenvalue weighted by Crippen LogP contribution is 2.34. The van der Waals surface area contributed by atoms with E-state index in [-0.39, 0.29) is 5.97 Å². The molecule has 0 heterocycles. The van der Waals surface area contributed by atoms with Crippen molar-refractivity contribution >= 4 is 48.6 Å². The first-order chi connectivity index (χ1) is 7.65. The minimum atomic E-state index is -0.329. The van der Waals surface area contributed by atoms with Crippen LogP contribution in [-0.2, 0) is 4.74 Å². The van der Waals surface area contributed by atoms with Crippen molar-refractivity contribution in [2.75, 3.05) is 7.11 Å². The number of halogens is 2. The Morgan fingerprint density at radius 3 is 2.44 bits per heavy atom. The van der Waals surface area contributed by atoms with Crippen LogP contribution >= 0.6 is 31.9 Å². The Kier molecular flexibility index (Phi) is 3.30. The van der Waals surface area contributed by atoms with Crippen molar-refractivity contribution in [3.05, 3.63) is 44.8 Å². The number of carbonyl (C=O) groups is 1. The minimum absolute atomic E-state index is 0.329. The maximum Gasteiger partial charge on any atom is 0.338 e. The van der Waals surface area contributed by atoms with Crippen LogP contribution in [0.25, 0.3) is 10.8 Å². The van der Waals surface area contributed by atoms with Gasteiger partial charge >= 0.3 is 5.97 Å². The predicted octanol–water partition coefficient (Wildman–Crippen LogP) is 4.15. The second kappa shape index (κ2) is 4.55. The van der Waals surface area contributed by atoms with Gasteiger partial charge in [-0.25, -0.2) is 4.79 Å². The summed E-state index contributed by atoms with van der Waals surface area (Å²) in [6, 6.07) is 9.45. The summed E-state index contributed by atoms with van der Waals surface area (Å²) in [7, 11) is 1.38. The van der Waals surface area contributed by atoms with E-state index < -0.39 is 0 Å². The average Bonchev–Trinajstić information content (AvgIpc) is 2.33. The molecule has 2 nitrogen and oxygen atoms in total. The highest BCUT2D eigenvalue weighted by Gasteiger charge is 2.14. The zero-order chi connectivity index (χ0) is 11.7. The Morgan fingerprint density at radius 2 is 1.81 bits per heavy atom. The third-order valence-electron chi connectivity index (χ3n) is 2.34. The number of rotatable bonds is 1. The van der Waals surface area contributed by atoms with E-state index in [1.54, 1.807) is 6.07 Å². The van der Waals surface area contributed by atoms with Crippen molar-refractivity contribution < 1.29 is 9.53 Å². The molecule has 82 valence electrons. The highest BCUT2D eigenvalue weighted by atomic mass is 79.9. The topological polar surface area (TPSA) is 26.3 Å². The number of hydrogen-bond acceptors (Lipinski definition) is 2. The van der Waals surface area contributed by atoms with Crippen molar-refractivity contribution in [1.82, 2.24) is 0 Å². The van der Waals surface area contributed by atoms with Gasteiger partial charge in [-0.1, -0.05) is 24.3 Å². The van der Waals surface area contributed by atoms with E-state index in [1.165, 1.54) is 7.11 Å². The van der Waals surface area contributed by atoms with Crippen LogP contribution in [0.5, 0.6) is 0 Å². The number of fused-ring (bicyclic) bond motifs is 1. The molecule has 0 aliphatic carbocycles. The van der Waals surface area contributed by atoms with E-state index >= 15 is 0 Å². The normalized spacial score (nSPS) is 10.4. The fourth-order valence-corrected chi connectivity index (χ4v) is 2.49. The molecule has 2 rings (SSSR count). The summed E-state index contributed by atoms with van der Waals surface area (Å²) in [6.07, 6.45) is 0. The lowest BCUT2D eigenvalue weighted by Crippen LogP contribution is -2.02. The van der Waals surface area contributed by atoms with E-state index in [2.05, 4.69) is 31.9 Å². The molecule has 2 aromatic rings. The molecule has 0 unspecified atom stereocenters. The molecule has 0 aliphatic heterocycles. The van der Waals surface area contributed by atoms with E-state index in [0.717, 1.165) is 19.7 Å². The lowest BCUT2D eigenvalue weighted by atomic mass is 10.0. The smallest absolute Gasteiger partial charge is 0.338 e. The van der Waals surface area contributed by atoms with Gasteiger partial charge < -0.3 is 4.74 Å². The molecule has 0 saturated carbocycles. The first-order valence-corrected chi connectivity index (χ1v) is 6.19. The Morgan fingerprint density at radius 1 is 1.19 bits per heavy atom. The highest BCUT2D eigenvalue weighted by molar-refractivity contribution is 9.13.